The maximum absolute atomic E-state index is 12.5. The lowest BCUT2D eigenvalue weighted by molar-refractivity contribution is -0.141. The summed E-state index contributed by atoms with van der Waals surface area (Å²) in [6.07, 6.45) is -2.58. The third kappa shape index (κ3) is 2.93. The highest BCUT2D eigenvalue weighted by Crippen LogP contribution is 2.49. The van der Waals surface area contributed by atoms with E-state index in [9.17, 15) is 18.3 Å². The van der Waals surface area contributed by atoms with E-state index in [1.54, 1.807) is 0 Å². The Kier molecular flexibility index (Phi) is 4.04. The second kappa shape index (κ2) is 5.19. The number of hydrogen-bond donors (Lipinski definition) is 1. The van der Waals surface area contributed by atoms with Crippen molar-refractivity contribution in [2.75, 3.05) is 0 Å². The molecule has 0 radical (unpaired) electrons. The van der Waals surface area contributed by atoms with E-state index in [0.717, 1.165) is 25.3 Å². The SMILES string of the molecule is CC1(C)CCCC1C(O)c1ccc(C(F)(F)F)nc1Cl. The van der Waals surface area contributed by atoms with Crippen molar-refractivity contribution in [1.29, 1.82) is 0 Å². The van der Waals surface area contributed by atoms with Gasteiger partial charge in [-0.1, -0.05) is 37.9 Å². The molecule has 1 aliphatic carbocycles. The fraction of sp³-hybridized carbons (Fsp3) is 0.643. The van der Waals surface area contributed by atoms with Crippen LogP contribution >= 0.6 is 11.6 Å². The average Bonchev–Trinajstić information content (AvgIpc) is 2.66. The summed E-state index contributed by atoms with van der Waals surface area (Å²) in [5.41, 5.74) is -0.811. The predicted octanol–water partition coefficient (Wildman–Crippen LogP) is 4.61. The highest BCUT2D eigenvalue weighted by molar-refractivity contribution is 6.30. The van der Waals surface area contributed by atoms with Gasteiger partial charge in [0.05, 0.1) is 6.10 Å². The van der Waals surface area contributed by atoms with E-state index in [1.165, 1.54) is 6.07 Å². The highest BCUT2D eigenvalue weighted by atomic mass is 35.5. The van der Waals surface area contributed by atoms with E-state index in [4.69, 9.17) is 11.6 Å². The van der Waals surface area contributed by atoms with Crippen LogP contribution in [0.3, 0.4) is 0 Å². The quantitative estimate of drug-likeness (QED) is 0.809. The molecule has 1 saturated carbocycles. The second-order valence-electron chi connectivity index (χ2n) is 6.01. The van der Waals surface area contributed by atoms with Gasteiger partial charge in [0.2, 0.25) is 0 Å². The van der Waals surface area contributed by atoms with Gasteiger partial charge < -0.3 is 5.11 Å². The Hall–Kier alpha value is -0.810. The van der Waals surface area contributed by atoms with Gasteiger partial charge in [-0.25, -0.2) is 4.98 Å². The molecule has 0 bridgehead atoms. The first-order chi connectivity index (χ1) is 9.13. The van der Waals surface area contributed by atoms with Gasteiger partial charge in [0, 0.05) is 5.56 Å². The Bertz CT molecular complexity index is 502. The Labute approximate surface area is 121 Å². The molecule has 20 heavy (non-hydrogen) atoms. The zero-order chi connectivity index (χ0) is 15.1. The zero-order valence-electron chi connectivity index (χ0n) is 11.3. The molecule has 2 rings (SSSR count). The topological polar surface area (TPSA) is 33.1 Å². The van der Waals surface area contributed by atoms with Crippen LogP contribution < -0.4 is 0 Å². The zero-order valence-corrected chi connectivity index (χ0v) is 12.1. The lowest BCUT2D eigenvalue weighted by atomic mass is 9.77. The van der Waals surface area contributed by atoms with Crippen molar-refractivity contribution in [3.05, 3.63) is 28.5 Å². The van der Waals surface area contributed by atoms with Crippen LogP contribution in [0.1, 0.15) is 50.5 Å². The number of aliphatic hydroxyl groups excluding tert-OH is 1. The van der Waals surface area contributed by atoms with Crippen LogP contribution in [0.15, 0.2) is 12.1 Å². The van der Waals surface area contributed by atoms with E-state index in [1.807, 2.05) is 0 Å². The van der Waals surface area contributed by atoms with E-state index in [2.05, 4.69) is 18.8 Å². The number of hydrogen-bond acceptors (Lipinski definition) is 2. The maximum Gasteiger partial charge on any atom is 0.433 e. The van der Waals surface area contributed by atoms with Crippen LogP contribution in [-0.4, -0.2) is 10.1 Å². The summed E-state index contributed by atoms with van der Waals surface area (Å²) in [5.74, 6) is -0.0152. The molecule has 0 saturated heterocycles. The predicted molar refractivity (Wildman–Crippen MR) is 70.3 cm³/mol. The van der Waals surface area contributed by atoms with Gasteiger partial charge in [0.25, 0.3) is 0 Å². The van der Waals surface area contributed by atoms with Crippen molar-refractivity contribution in [2.45, 2.75) is 45.4 Å². The van der Waals surface area contributed by atoms with Crippen LogP contribution in [0.25, 0.3) is 0 Å². The van der Waals surface area contributed by atoms with Gasteiger partial charge in [0.15, 0.2) is 0 Å². The Morgan fingerprint density at radius 1 is 1.40 bits per heavy atom. The molecule has 2 nitrogen and oxygen atoms in total. The summed E-state index contributed by atoms with van der Waals surface area (Å²) in [7, 11) is 0. The van der Waals surface area contributed by atoms with Gasteiger partial charge in [0.1, 0.15) is 10.8 Å². The van der Waals surface area contributed by atoms with Crippen molar-refractivity contribution >= 4 is 11.6 Å². The summed E-state index contributed by atoms with van der Waals surface area (Å²) < 4.78 is 37.6. The number of aromatic nitrogens is 1. The molecule has 2 unspecified atom stereocenters. The van der Waals surface area contributed by atoms with Gasteiger partial charge in [-0.05, 0) is 30.2 Å². The van der Waals surface area contributed by atoms with Gasteiger partial charge in [-0.2, -0.15) is 13.2 Å². The fourth-order valence-electron chi connectivity index (χ4n) is 2.98. The van der Waals surface area contributed by atoms with Crippen LogP contribution in [-0.2, 0) is 6.18 Å². The molecule has 1 heterocycles. The Balaban J connectivity index is 2.30. The minimum Gasteiger partial charge on any atom is -0.388 e. The van der Waals surface area contributed by atoms with E-state index in [-0.39, 0.29) is 22.0 Å². The number of rotatable bonds is 2. The van der Waals surface area contributed by atoms with Gasteiger partial charge in [-0.3, -0.25) is 0 Å². The van der Waals surface area contributed by atoms with Crippen molar-refractivity contribution in [3.63, 3.8) is 0 Å². The van der Waals surface area contributed by atoms with E-state index >= 15 is 0 Å². The van der Waals surface area contributed by atoms with Gasteiger partial charge >= 0.3 is 6.18 Å². The molecular weight excluding hydrogens is 291 g/mol. The summed E-state index contributed by atoms with van der Waals surface area (Å²) in [5, 5.41) is 10.2. The molecule has 112 valence electrons. The first-order valence-electron chi connectivity index (χ1n) is 6.54. The summed E-state index contributed by atoms with van der Waals surface area (Å²) in [6, 6.07) is 2.10. The summed E-state index contributed by atoms with van der Waals surface area (Å²) >= 11 is 5.83. The lowest BCUT2D eigenvalue weighted by Crippen LogP contribution is -2.24. The molecule has 0 amide bonds. The normalized spacial score (nSPS) is 23.9. The smallest absolute Gasteiger partial charge is 0.388 e. The molecule has 1 aromatic rings. The van der Waals surface area contributed by atoms with Crippen LogP contribution in [0, 0.1) is 11.3 Å². The van der Waals surface area contributed by atoms with Crippen molar-refractivity contribution < 1.29 is 18.3 Å². The van der Waals surface area contributed by atoms with Crippen molar-refractivity contribution in [2.24, 2.45) is 11.3 Å². The number of alkyl halides is 3. The second-order valence-corrected chi connectivity index (χ2v) is 6.36. The number of aliphatic hydroxyl groups is 1. The Morgan fingerprint density at radius 3 is 2.50 bits per heavy atom. The molecular formula is C14H17ClF3NO. The number of pyridine rings is 1. The van der Waals surface area contributed by atoms with Gasteiger partial charge in [-0.15, -0.1) is 0 Å². The average molecular weight is 308 g/mol. The van der Waals surface area contributed by atoms with Crippen LogP contribution in [0.4, 0.5) is 13.2 Å². The Morgan fingerprint density at radius 2 is 2.05 bits per heavy atom. The first-order valence-corrected chi connectivity index (χ1v) is 6.92. The van der Waals surface area contributed by atoms with Crippen molar-refractivity contribution in [3.8, 4) is 0 Å². The summed E-state index contributed by atoms with van der Waals surface area (Å²) in [6.45, 7) is 4.11. The van der Waals surface area contributed by atoms with Crippen molar-refractivity contribution in [1.82, 2.24) is 4.98 Å². The molecule has 1 aromatic heterocycles. The molecule has 6 heteroatoms. The molecule has 1 aliphatic rings. The molecule has 1 fully saturated rings. The third-order valence-electron chi connectivity index (χ3n) is 4.21. The minimum atomic E-state index is -4.53. The molecule has 0 aromatic carbocycles. The van der Waals surface area contributed by atoms with Crippen LogP contribution in [0.2, 0.25) is 5.15 Å². The minimum absolute atomic E-state index is 0.0152. The van der Waals surface area contributed by atoms with E-state index in [0.29, 0.717) is 0 Å². The highest BCUT2D eigenvalue weighted by Gasteiger charge is 2.41. The maximum atomic E-state index is 12.5. The number of nitrogens with zero attached hydrogens (tertiary/aromatic N) is 1. The first kappa shape index (κ1) is 15.6. The lowest BCUT2D eigenvalue weighted by Gasteiger charge is -2.31. The third-order valence-corrected chi connectivity index (χ3v) is 4.51. The standard InChI is InChI=1S/C14H17ClF3NO/c1-13(2)7-3-4-9(13)11(20)8-5-6-10(14(16,17)18)19-12(8)15/h5-6,9,11,20H,3-4,7H2,1-2H3. The molecule has 0 spiro atoms. The monoisotopic (exact) mass is 307 g/mol. The largest absolute Gasteiger partial charge is 0.433 e. The molecule has 0 aliphatic heterocycles. The summed E-state index contributed by atoms with van der Waals surface area (Å²) in [4.78, 5) is 3.37. The fourth-order valence-corrected chi connectivity index (χ4v) is 3.25. The molecule has 2 atom stereocenters. The van der Waals surface area contributed by atoms with E-state index < -0.39 is 18.0 Å². The van der Waals surface area contributed by atoms with Crippen LogP contribution in [0.5, 0.6) is 0 Å². The number of halogens is 4. The molecule has 1 N–H and O–H groups in total.